The van der Waals surface area contributed by atoms with Gasteiger partial charge in [-0.3, -0.25) is 4.79 Å². The molecule has 0 radical (unpaired) electrons. The number of amides is 1. The molecule has 0 aliphatic rings. The standard InChI is InChI=1S/C13H10ClFN2OS/c1-8(11-5-6-12(14)19-11)16-17-13(18)9-3-2-4-10(15)7-9/h2-7H,1H3,(H,17,18). The van der Waals surface area contributed by atoms with E-state index in [9.17, 15) is 9.18 Å². The van der Waals surface area contributed by atoms with Crippen LogP contribution < -0.4 is 5.43 Å². The van der Waals surface area contributed by atoms with Crippen LogP contribution in [0.1, 0.15) is 22.2 Å². The van der Waals surface area contributed by atoms with E-state index in [1.165, 1.54) is 29.5 Å². The van der Waals surface area contributed by atoms with Crippen molar-refractivity contribution >= 4 is 34.6 Å². The molecule has 1 heterocycles. The molecule has 1 aromatic heterocycles. The van der Waals surface area contributed by atoms with Gasteiger partial charge in [0.25, 0.3) is 5.91 Å². The normalized spacial score (nSPS) is 11.4. The topological polar surface area (TPSA) is 41.5 Å². The molecule has 0 aliphatic carbocycles. The van der Waals surface area contributed by atoms with Crippen molar-refractivity contribution in [1.29, 1.82) is 0 Å². The SMILES string of the molecule is CC(=NNC(=O)c1cccc(F)c1)c1ccc(Cl)s1. The van der Waals surface area contributed by atoms with E-state index in [2.05, 4.69) is 10.5 Å². The van der Waals surface area contributed by atoms with Gasteiger partial charge in [0.2, 0.25) is 0 Å². The van der Waals surface area contributed by atoms with E-state index in [0.29, 0.717) is 10.0 Å². The third-order valence-electron chi connectivity index (χ3n) is 2.34. The summed E-state index contributed by atoms with van der Waals surface area (Å²) in [6.07, 6.45) is 0. The van der Waals surface area contributed by atoms with Crippen molar-refractivity contribution in [2.45, 2.75) is 6.92 Å². The van der Waals surface area contributed by atoms with Crippen LogP contribution in [0.2, 0.25) is 4.34 Å². The minimum atomic E-state index is -0.460. The highest BCUT2D eigenvalue weighted by Gasteiger charge is 2.06. The van der Waals surface area contributed by atoms with Gasteiger partial charge in [-0.1, -0.05) is 17.7 Å². The Kier molecular flexibility index (Phi) is 4.29. The molecule has 0 saturated carbocycles. The highest BCUT2D eigenvalue weighted by molar-refractivity contribution is 7.18. The summed E-state index contributed by atoms with van der Waals surface area (Å²) >= 11 is 7.18. The zero-order chi connectivity index (χ0) is 13.8. The molecular formula is C13H10ClFN2OS. The third kappa shape index (κ3) is 3.62. The smallest absolute Gasteiger partial charge is 0.267 e. The quantitative estimate of drug-likeness (QED) is 0.681. The van der Waals surface area contributed by atoms with Crippen LogP contribution in [0.5, 0.6) is 0 Å². The van der Waals surface area contributed by atoms with Crippen LogP contribution in [0, 0.1) is 5.82 Å². The fraction of sp³-hybridized carbons (Fsp3) is 0.0769. The van der Waals surface area contributed by atoms with Crippen LogP contribution in [-0.4, -0.2) is 11.6 Å². The van der Waals surface area contributed by atoms with Crippen molar-refractivity contribution in [2.24, 2.45) is 5.10 Å². The molecule has 1 amide bonds. The van der Waals surface area contributed by atoms with Gasteiger partial charge >= 0.3 is 0 Å². The number of hydrogen-bond acceptors (Lipinski definition) is 3. The number of rotatable bonds is 3. The Hall–Kier alpha value is -1.72. The molecule has 1 N–H and O–H groups in total. The molecule has 0 spiro atoms. The highest BCUT2D eigenvalue weighted by atomic mass is 35.5. The van der Waals surface area contributed by atoms with Gasteiger partial charge in [0.1, 0.15) is 5.82 Å². The molecule has 0 saturated heterocycles. The van der Waals surface area contributed by atoms with Gasteiger partial charge in [-0.2, -0.15) is 5.10 Å². The van der Waals surface area contributed by atoms with Gasteiger partial charge in [-0.15, -0.1) is 11.3 Å². The second kappa shape index (κ2) is 5.95. The summed E-state index contributed by atoms with van der Waals surface area (Å²) in [6, 6.07) is 9.00. The molecule has 6 heteroatoms. The van der Waals surface area contributed by atoms with E-state index in [-0.39, 0.29) is 5.56 Å². The maximum Gasteiger partial charge on any atom is 0.271 e. The molecule has 0 fully saturated rings. The summed E-state index contributed by atoms with van der Waals surface area (Å²) < 4.78 is 13.6. The average molecular weight is 297 g/mol. The van der Waals surface area contributed by atoms with Crippen LogP contribution in [-0.2, 0) is 0 Å². The number of hydrogen-bond donors (Lipinski definition) is 1. The molecule has 0 bridgehead atoms. The monoisotopic (exact) mass is 296 g/mol. The lowest BCUT2D eigenvalue weighted by molar-refractivity contribution is 0.0954. The first kappa shape index (κ1) is 13.7. The van der Waals surface area contributed by atoms with E-state index in [0.717, 1.165) is 10.9 Å². The number of halogens is 2. The summed E-state index contributed by atoms with van der Waals surface area (Å²) in [6.45, 7) is 1.76. The molecule has 0 aliphatic heterocycles. The van der Waals surface area contributed by atoms with E-state index in [1.54, 1.807) is 13.0 Å². The maximum absolute atomic E-state index is 13.0. The van der Waals surface area contributed by atoms with Gasteiger partial charge in [0, 0.05) is 5.56 Å². The lowest BCUT2D eigenvalue weighted by atomic mass is 10.2. The van der Waals surface area contributed by atoms with Gasteiger partial charge in [0.05, 0.1) is 14.9 Å². The molecule has 98 valence electrons. The fourth-order valence-electron chi connectivity index (χ4n) is 1.39. The van der Waals surface area contributed by atoms with Crippen molar-refractivity contribution in [3.05, 3.63) is 57.0 Å². The van der Waals surface area contributed by atoms with Gasteiger partial charge in [-0.05, 0) is 37.3 Å². The Morgan fingerprint density at radius 2 is 2.16 bits per heavy atom. The zero-order valence-electron chi connectivity index (χ0n) is 9.98. The lowest BCUT2D eigenvalue weighted by Gasteiger charge is -2.01. The first-order chi connectivity index (χ1) is 9.06. The Labute approximate surface area is 118 Å². The molecule has 2 rings (SSSR count). The number of benzene rings is 1. The zero-order valence-corrected chi connectivity index (χ0v) is 11.6. The van der Waals surface area contributed by atoms with Crippen LogP contribution in [0.4, 0.5) is 4.39 Å². The first-order valence-corrected chi connectivity index (χ1v) is 6.61. The van der Waals surface area contributed by atoms with Crippen LogP contribution in [0.15, 0.2) is 41.5 Å². The maximum atomic E-state index is 13.0. The predicted octanol–water partition coefficient (Wildman–Crippen LogP) is 3.69. The molecule has 1 aromatic carbocycles. The average Bonchev–Trinajstić information content (AvgIpc) is 2.82. The van der Waals surface area contributed by atoms with E-state index in [4.69, 9.17) is 11.6 Å². The Morgan fingerprint density at radius 1 is 1.37 bits per heavy atom. The minimum absolute atomic E-state index is 0.223. The number of nitrogens with one attached hydrogen (secondary N) is 1. The van der Waals surface area contributed by atoms with Gasteiger partial charge in [0.15, 0.2) is 0 Å². The second-order valence-electron chi connectivity index (χ2n) is 3.75. The minimum Gasteiger partial charge on any atom is -0.267 e. The summed E-state index contributed by atoms with van der Waals surface area (Å²) in [5.74, 6) is -0.917. The number of carbonyl (C=O) groups excluding carboxylic acids is 1. The van der Waals surface area contributed by atoms with E-state index in [1.807, 2.05) is 6.07 Å². The van der Waals surface area contributed by atoms with Crippen LogP contribution in [0.3, 0.4) is 0 Å². The lowest BCUT2D eigenvalue weighted by Crippen LogP contribution is -2.19. The van der Waals surface area contributed by atoms with Crippen LogP contribution >= 0.6 is 22.9 Å². The second-order valence-corrected chi connectivity index (χ2v) is 5.47. The van der Waals surface area contributed by atoms with Gasteiger partial charge < -0.3 is 0 Å². The number of carbonyl (C=O) groups is 1. The van der Waals surface area contributed by atoms with Crippen molar-refractivity contribution in [2.75, 3.05) is 0 Å². The van der Waals surface area contributed by atoms with E-state index < -0.39 is 11.7 Å². The van der Waals surface area contributed by atoms with E-state index >= 15 is 0 Å². The van der Waals surface area contributed by atoms with Crippen molar-refractivity contribution in [1.82, 2.24) is 5.43 Å². The fourth-order valence-corrected chi connectivity index (χ4v) is 2.38. The third-order valence-corrected chi connectivity index (χ3v) is 3.68. The summed E-state index contributed by atoms with van der Waals surface area (Å²) in [4.78, 5) is 12.6. The van der Waals surface area contributed by atoms with Crippen molar-refractivity contribution < 1.29 is 9.18 Å². The Balaban J connectivity index is 2.07. The number of thiophene rings is 1. The number of hydrazone groups is 1. The Morgan fingerprint density at radius 3 is 2.79 bits per heavy atom. The summed E-state index contributed by atoms with van der Waals surface area (Å²) in [7, 11) is 0. The number of nitrogens with zero attached hydrogens (tertiary/aromatic N) is 1. The van der Waals surface area contributed by atoms with Crippen molar-refractivity contribution in [3.63, 3.8) is 0 Å². The van der Waals surface area contributed by atoms with Crippen molar-refractivity contribution in [3.8, 4) is 0 Å². The highest BCUT2D eigenvalue weighted by Crippen LogP contribution is 2.21. The molecule has 2 aromatic rings. The molecule has 0 unspecified atom stereocenters. The van der Waals surface area contributed by atoms with Gasteiger partial charge in [-0.25, -0.2) is 9.82 Å². The molecular weight excluding hydrogens is 287 g/mol. The molecule has 3 nitrogen and oxygen atoms in total. The predicted molar refractivity (Wildman–Crippen MR) is 75.4 cm³/mol. The summed E-state index contributed by atoms with van der Waals surface area (Å²) in [5, 5.41) is 3.96. The largest absolute Gasteiger partial charge is 0.271 e. The Bertz CT molecular complexity index is 639. The molecule has 19 heavy (non-hydrogen) atoms. The first-order valence-electron chi connectivity index (χ1n) is 5.42. The van der Waals surface area contributed by atoms with Crippen LogP contribution in [0.25, 0.3) is 0 Å². The summed E-state index contributed by atoms with van der Waals surface area (Å²) in [5.41, 5.74) is 3.24. The molecule has 0 atom stereocenters.